The second-order valence-electron chi connectivity index (χ2n) is 7.43. The Morgan fingerprint density at radius 3 is 1.81 bits per heavy atom. The number of esters is 1. The molecule has 1 fully saturated rings. The summed E-state index contributed by atoms with van der Waals surface area (Å²) in [6.07, 6.45) is -0.610. The van der Waals surface area contributed by atoms with Crippen LogP contribution in [0.2, 0.25) is 0 Å². The number of hydrogen-bond acceptors (Lipinski definition) is 2. The Balaban J connectivity index is 2.25. The first kappa shape index (κ1) is 21.0. The van der Waals surface area contributed by atoms with Crippen LogP contribution in [0.15, 0.2) is 10.6 Å². The fourth-order valence-electron chi connectivity index (χ4n) is 3.22. The van der Waals surface area contributed by atoms with Gasteiger partial charge in [0.2, 0.25) is 0 Å². The molecule has 0 aliphatic heterocycles. The Morgan fingerprint density at radius 1 is 1.00 bits per heavy atom. The molecule has 0 spiro atoms. The molecule has 0 amide bonds. The van der Waals surface area contributed by atoms with Gasteiger partial charge in [-0.3, -0.25) is 4.79 Å². The molecule has 0 N–H and O–H groups in total. The molecule has 144 valence electrons. The highest BCUT2D eigenvalue weighted by atomic mass is 35.5. The first-order chi connectivity index (χ1) is 11.9. The van der Waals surface area contributed by atoms with Gasteiger partial charge in [-0.25, -0.2) is 17.6 Å². The summed E-state index contributed by atoms with van der Waals surface area (Å²) in [5, 5.41) is -0.194. The van der Waals surface area contributed by atoms with Crippen LogP contribution in [0.1, 0.15) is 38.8 Å². The summed E-state index contributed by atoms with van der Waals surface area (Å²) in [7, 11) is 0. The van der Waals surface area contributed by atoms with E-state index in [1.54, 1.807) is 0 Å². The summed E-state index contributed by atoms with van der Waals surface area (Å²) in [5.74, 6) is -7.59. The van der Waals surface area contributed by atoms with Crippen molar-refractivity contribution in [1.29, 1.82) is 0 Å². The highest BCUT2D eigenvalue weighted by molar-refractivity contribution is 6.36. The van der Waals surface area contributed by atoms with Gasteiger partial charge in [0.15, 0.2) is 23.3 Å². The molecule has 1 aliphatic rings. The van der Waals surface area contributed by atoms with Gasteiger partial charge in [0.05, 0.1) is 11.5 Å². The van der Waals surface area contributed by atoms with E-state index in [0.29, 0.717) is 0 Å². The molecule has 0 saturated heterocycles. The summed E-state index contributed by atoms with van der Waals surface area (Å²) >= 11 is 10.9. The first-order valence-electron chi connectivity index (χ1n) is 7.83. The molecule has 1 aliphatic carbocycles. The lowest BCUT2D eigenvalue weighted by atomic mass is 10.0. The van der Waals surface area contributed by atoms with E-state index >= 15 is 0 Å². The first-order valence-corrected chi connectivity index (χ1v) is 8.64. The summed E-state index contributed by atoms with van der Waals surface area (Å²) in [5.41, 5.74) is -1.72. The quantitative estimate of drug-likeness (QED) is 0.345. The van der Waals surface area contributed by atoms with E-state index < -0.39 is 59.3 Å². The average molecular weight is 413 g/mol. The zero-order valence-corrected chi connectivity index (χ0v) is 16.2. The van der Waals surface area contributed by atoms with Crippen LogP contribution in [0.4, 0.5) is 17.6 Å². The maximum Gasteiger partial charge on any atom is 0.310 e. The molecule has 0 atom stereocenters. The third kappa shape index (κ3) is 3.33. The van der Waals surface area contributed by atoms with Crippen LogP contribution in [-0.2, 0) is 22.6 Å². The highest BCUT2D eigenvalue weighted by Crippen LogP contribution is 2.68. The number of rotatable bonds is 5. The molecular weight excluding hydrogens is 395 g/mol. The Labute approximate surface area is 159 Å². The maximum absolute atomic E-state index is 14.2. The lowest BCUT2D eigenvalue weighted by Gasteiger charge is -2.12. The number of hydrogen-bond donors (Lipinski definition) is 0. The molecule has 8 heteroatoms. The number of allylic oxidation sites excluding steroid dienone is 1. The summed E-state index contributed by atoms with van der Waals surface area (Å²) in [6.45, 7) is 6.54. The molecule has 0 unspecified atom stereocenters. The van der Waals surface area contributed by atoms with Gasteiger partial charge >= 0.3 is 5.97 Å². The molecule has 0 heterocycles. The van der Waals surface area contributed by atoms with Crippen molar-refractivity contribution in [3.05, 3.63) is 45.0 Å². The van der Waals surface area contributed by atoms with Gasteiger partial charge in [-0.15, -0.1) is 0 Å². The SMILES string of the molecule is CC1(C)C(C(=O)OCc2c(F)c(F)c(C/C(Cl)=C/Cl)c(F)c2F)C1(C)C. The van der Waals surface area contributed by atoms with Crippen molar-refractivity contribution in [3.8, 4) is 0 Å². The van der Waals surface area contributed by atoms with Crippen molar-refractivity contribution in [2.24, 2.45) is 16.7 Å². The average Bonchev–Trinajstić information content (AvgIpc) is 2.98. The van der Waals surface area contributed by atoms with Crippen LogP contribution in [0.25, 0.3) is 0 Å². The largest absolute Gasteiger partial charge is 0.460 e. The lowest BCUT2D eigenvalue weighted by molar-refractivity contribution is -0.148. The van der Waals surface area contributed by atoms with Gasteiger partial charge in [0, 0.05) is 22.6 Å². The molecule has 26 heavy (non-hydrogen) atoms. The van der Waals surface area contributed by atoms with Gasteiger partial charge in [-0.1, -0.05) is 50.9 Å². The van der Waals surface area contributed by atoms with Crippen LogP contribution in [0.5, 0.6) is 0 Å². The van der Waals surface area contributed by atoms with E-state index in [4.69, 9.17) is 27.9 Å². The van der Waals surface area contributed by atoms with Gasteiger partial charge in [0.1, 0.15) is 6.61 Å². The van der Waals surface area contributed by atoms with E-state index in [-0.39, 0.29) is 15.9 Å². The third-order valence-corrected chi connectivity index (χ3v) is 6.14. The third-order valence-electron chi connectivity index (χ3n) is 5.52. The summed E-state index contributed by atoms with van der Waals surface area (Å²) in [6, 6.07) is 0. The van der Waals surface area contributed by atoms with Gasteiger partial charge in [-0.2, -0.15) is 0 Å². The number of ether oxygens (including phenoxy) is 1. The summed E-state index contributed by atoms with van der Waals surface area (Å²) < 4.78 is 61.4. The molecule has 2 nitrogen and oxygen atoms in total. The minimum absolute atomic E-state index is 0.194. The molecular formula is C18H18Cl2F4O2. The predicted molar refractivity (Wildman–Crippen MR) is 90.6 cm³/mol. The van der Waals surface area contributed by atoms with Crippen molar-refractivity contribution in [1.82, 2.24) is 0 Å². The second-order valence-corrected chi connectivity index (χ2v) is 8.13. The molecule has 2 rings (SSSR count). The normalized spacial score (nSPS) is 18.8. The van der Waals surface area contributed by atoms with E-state index in [1.807, 2.05) is 27.7 Å². The molecule has 1 saturated carbocycles. The molecule has 0 radical (unpaired) electrons. The Kier molecular flexibility index (Phi) is 5.70. The highest BCUT2D eigenvalue weighted by Gasteiger charge is 2.69. The monoisotopic (exact) mass is 412 g/mol. The van der Waals surface area contributed by atoms with E-state index in [9.17, 15) is 22.4 Å². The standard InChI is InChI=1S/C18H18Cl2F4O2/c1-17(2)15(18(17,3)4)16(25)26-7-10-13(23)11(21)9(5-8(20)6-19)12(22)14(10)24/h6,15H,5,7H2,1-4H3/b8-6-. The van der Waals surface area contributed by atoms with Gasteiger partial charge in [-0.05, 0) is 10.8 Å². The fraction of sp³-hybridized carbons (Fsp3) is 0.500. The van der Waals surface area contributed by atoms with Crippen LogP contribution in [-0.4, -0.2) is 5.97 Å². The topological polar surface area (TPSA) is 26.3 Å². The van der Waals surface area contributed by atoms with Crippen molar-refractivity contribution >= 4 is 29.2 Å². The van der Waals surface area contributed by atoms with Crippen LogP contribution < -0.4 is 0 Å². The predicted octanol–water partition coefficient (Wildman–Crippen LogP) is 5.83. The molecule has 0 bridgehead atoms. The lowest BCUT2D eigenvalue weighted by Crippen LogP contribution is -2.15. The maximum atomic E-state index is 14.2. The zero-order chi connectivity index (χ0) is 20.0. The molecule has 0 aromatic heterocycles. The Morgan fingerprint density at radius 2 is 1.42 bits per heavy atom. The smallest absolute Gasteiger partial charge is 0.310 e. The van der Waals surface area contributed by atoms with Crippen LogP contribution >= 0.6 is 23.2 Å². The zero-order valence-electron chi connectivity index (χ0n) is 14.7. The van der Waals surface area contributed by atoms with Crippen molar-refractivity contribution < 1.29 is 27.1 Å². The van der Waals surface area contributed by atoms with Crippen LogP contribution in [0, 0.1) is 40.0 Å². The van der Waals surface area contributed by atoms with Crippen molar-refractivity contribution in [2.45, 2.75) is 40.7 Å². The van der Waals surface area contributed by atoms with Crippen LogP contribution in [0.3, 0.4) is 0 Å². The van der Waals surface area contributed by atoms with Crippen molar-refractivity contribution in [2.75, 3.05) is 0 Å². The second kappa shape index (κ2) is 7.04. The van der Waals surface area contributed by atoms with E-state index in [2.05, 4.69) is 0 Å². The Bertz CT molecular complexity index is 745. The number of halogens is 6. The minimum Gasteiger partial charge on any atom is -0.460 e. The van der Waals surface area contributed by atoms with E-state index in [1.165, 1.54) is 0 Å². The van der Waals surface area contributed by atoms with Crippen molar-refractivity contribution in [3.63, 3.8) is 0 Å². The van der Waals surface area contributed by atoms with Gasteiger partial charge in [0.25, 0.3) is 0 Å². The number of carbonyl (C=O) groups is 1. The van der Waals surface area contributed by atoms with E-state index in [0.717, 1.165) is 5.54 Å². The minimum atomic E-state index is -1.62. The number of carbonyl (C=O) groups excluding carboxylic acids is 1. The number of benzene rings is 1. The molecule has 1 aromatic carbocycles. The fourth-order valence-corrected chi connectivity index (χ4v) is 3.44. The Hall–Kier alpha value is -1.27. The summed E-state index contributed by atoms with van der Waals surface area (Å²) in [4.78, 5) is 12.2. The molecule has 1 aromatic rings. The van der Waals surface area contributed by atoms with Gasteiger partial charge < -0.3 is 4.74 Å².